The van der Waals surface area contributed by atoms with E-state index in [9.17, 15) is 0 Å². The molecule has 2 nitrogen and oxygen atoms in total. The van der Waals surface area contributed by atoms with Gasteiger partial charge in [-0.25, -0.2) is 0 Å². The Morgan fingerprint density at radius 2 is 0.500 bits per heavy atom. The van der Waals surface area contributed by atoms with E-state index in [-0.39, 0.29) is 0 Å². The Balaban J connectivity index is 2.96. The molecule has 0 saturated carbocycles. The van der Waals surface area contributed by atoms with Gasteiger partial charge in [0, 0.05) is 13.1 Å². The molecule has 0 radical (unpaired) electrons. The van der Waals surface area contributed by atoms with E-state index in [1.54, 1.807) is 0 Å². The van der Waals surface area contributed by atoms with Crippen molar-refractivity contribution < 1.29 is 0 Å². The summed E-state index contributed by atoms with van der Waals surface area (Å²) in [4.78, 5) is 0. The Bertz CT molecular complexity index is 229. The maximum atomic E-state index is 3.40. The molecule has 0 rings (SSSR count). The van der Waals surface area contributed by atoms with Crippen LogP contribution in [0.5, 0.6) is 0 Å². The maximum absolute atomic E-state index is 3.40. The van der Waals surface area contributed by atoms with Crippen molar-refractivity contribution >= 4 is 0 Å². The lowest BCUT2D eigenvalue weighted by atomic mass is 10.1. The quantitative estimate of drug-likeness (QED) is 0.119. The first kappa shape index (κ1) is 27.9. The van der Waals surface area contributed by atoms with Crippen LogP contribution in [0.25, 0.3) is 0 Å². The predicted octanol–water partition coefficient (Wildman–Crippen LogP) is 8.70. The first-order chi connectivity index (χ1) is 13.9. The maximum Gasteiger partial charge on any atom is 0.00997 e. The molecule has 2 heteroatoms. The van der Waals surface area contributed by atoms with E-state index in [1.165, 1.54) is 141 Å². The molecule has 0 atom stereocenters. The summed E-state index contributed by atoms with van der Waals surface area (Å²) in [5.74, 6) is 0. The van der Waals surface area contributed by atoms with Crippen LogP contribution < -0.4 is 10.9 Å². The smallest absolute Gasteiger partial charge is 0.00997 e. The fraction of sp³-hybridized carbons (Fsp3) is 1.00. The standard InChI is InChI=1S/C26H56N2/c1-3-5-7-9-11-13-15-16-18-20-22-24-26-28-27-25-23-21-19-17-14-12-10-8-6-4-2/h27-28H,3-26H2,1-2H3. The van der Waals surface area contributed by atoms with Crippen molar-refractivity contribution in [3.05, 3.63) is 0 Å². The van der Waals surface area contributed by atoms with Gasteiger partial charge in [-0.2, -0.15) is 0 Å². The van der Waals surface area contributed by atoms with E-state index >= 15 is 0 Å². The van der Waals surface area contributed by atoms with Gasteiger partial charge < -0.3 is 0 Å². The molecule has 0 aliphatic heterocycles. The molecule has 28 heavy (non-hydrogen) atoms. The third kappa shape index (κ3) is 25.9. The third-order valence-corrected chi connectivity index (χ3v) is 5.94. The van der Waals surface area contributed by atoms with Gasteiger partial charge in [0.05, 0.1) is 0 Å². The highest BCUT2D eigenvalue weighted by atomic mass is 15.3. The van der Waals surface area contributed by atoms with E-state index < -0.39 is 0 Å². The summed E-state index contributed by atoms with van der Waals surface area (Å²) in [5, 5.41) is 0. The molecular weight excluding hydrogens is 340 g/mol. The number of rotatable bonds is 25. The molecule has 0 unspecified atom stereocenters. The highest BCUT2D eigenvalue weighted by Crippen LogP contribution is 2.12. The van der Waals surface area contributed by atoms with Crippen molar-refractivity contribution in [2.24, 2.45) is 0 Å². The molecule has 0 aliphatic carbocycles. The molecule has 0 aromatic carbocycles. The van der Waals surface area contributed by atoms with Gasteiger partial charge in [-0.05, 0) is 12.8 Å². The van der Waals surface area contributed by atoms with Gasteiger partial charge in [0.15, 0.2) is 0 Å². The summed E-state index contributed by atoms with van der Waals surface area (Å²) in [5.41, 5.74) is 6.80. The monoisotopic (exact) mass is 396 g/mol. The number of unbranched alkanes of at least 4 members (excludes halogenated alkanes) is 20. The van der Waals surface area contributed by atoms with Crippen LogP contribution in [-0.4, -0.2) is 13.1 Å². The summed E-state index contributed by atoms with van der Waals surface area (Å²) < 4.78 is 0. The second kappa shape index (κ2) is 26.9. The van der Waals surface area contributed by atoms with Gasteiger partial charge >= 0.3 is 0 Å². The summed E-state index contributed by atoms with van der Waals surface area (Å²) in [6.07, 6.45) is 31.3. The molecule has 0 fully saturated rings. The fourth-order valence-electron chi connectivity index (χ4n) is 3.93. The molecule has 170 valence electrons. The lowest BCUT2D eigenvalue weighted by Gasteiger charge is -2.07. The molecule has 0 aromatic heterocycles. The lowest BCUT2D eigenvalue weighted by molar-refractivity contribution is 0.477. The number of hydrogen-bond acceptors (Lipinski definition) is 2. The summed E-state index contributed by atoms with van der Waals surface area (Å²) >= 11 is 0. The summed E-state index contributed by atoms with van der Waals surface area (Å²) in [7, 11) is 0. The largest absolute Gasteiger partial charge is 0.258 e. The molecule has 0 amide bonds. The second-order valence-corrected chi connectivity index (χ2v) is 8.92. The highest BCUT2D eigenvalue weighted by Gasteiger charge is 1.95. The molecule has 0 bridgehead atoms. The van der Waals surface area contributed by atoms with Crippen LogP contribution in [0.2, 0.25) is 0 Å². The van der Waals surface area contributed by atoms with E-state index in [2.05, 4.69) is 24.7 Å². The van der Waals surface area contributed by atoms with Gasteiger partial charge in [-0.1, -0.05) is 142 Å². The molecule has 0 aromatic rings. The number of hydrogen-bond donors (Lipinski definition) is 2. The van der Waals surface area contributed by atoms with Gasteiger partial charge in [0.1, 0.15) is 0 Å². The molecular formula is C26H56N2. The summed E-state index contributed by atoms with van der Waals surface area (Å²) in [6.45, 7) is 6.86. The minimum absolute atomic E-state index is 1.13. The zero-order valence-electron chi connectivity index (χ0n) is 20.0. The molecule has 0 heterocycles. The average Bonchev–Trinajstić information content (AvgIpc) is 2.71. The predicted molar refractivity (Wildman–Crippen MR) is 129 cm³/mol. The average molecular weight is 397 g/mol. The van der Waals surface area contributed by atoms with Crippen LogP contribution in [0.3, 0.4) is 0 Å². The number of nitrogens with one attached hydrogen (secondary N) is 2. The molecule has 2 N–H and O–H groups in total. The molecule has 0 spiro atoms. The van der Waals surface area contributed by atoms with Crippen LogP contribution >= 0.6 is 0 Å². The SMILES string of the molecule is CCCCCCCCCCCCCCNNCCCCCCCCCCCC. The van der Waals surface area contributed by atoms with E-state index in [4.69, 9.17) is 0 Å². The lowest BCUT2D eigenvalue weighted by Crippen LogP contribution is -2.33. The molecule has 0 saturated heterocycles. The first-order valence-electron chi connectivity index (χ1n) is 13.4. The van der Waals surface area contributed by atoms with Crippen LogP contribution in [0, 0.1) is 0 Å². The minimum Gasteiger partial charge on any atom is -0.258 e. The molecule has 0 aliphatic rings. The van der Waals surface area contributed by atoms with Crippen LogP contribution in [0.1, 0.15) is 155 Å². The van der Waals surface area contributed by atoms with Crippen molar-refractivity contribution in [3.63, 3.8) is 0 Å². The second-order valence-electron chi connectivity index (χ2n) is 8.92. The zero-order valence-corrected chi connectivity index (χ0v) is 20.0. The Labute approximate surface area is 179 Å². The fourth-order valence-corrected chi connectivity index (χ4v) is 3.93. The Morgan fingerprint density at radius 1 is 0.286 bits per heavy atom. The van der Waals surface area contributed by atoms with Crippen LogP contribution in [-0.2, 0) is 0 Å². The number of hydrazine groups is 1. The van der Waals surface area contributed by atoms with Crippen molar-refractivity contribution in [2.75, 3.05) is 13.1 Å². The van der Waals surface area contributed by atoms with Crippen LogP contribution in [0.4, 0.5) is 0 Å². The van der Waals surface area contributed by atoms with Crippen molar-refractivity contribution in [1.82, 2.24) is 10.9 Å². The van der Waals surface area contributed by atoms with Crippen molar-refractivity contribution in [1.29, 1.82) is 0 Å². The van der Waals surface area contributed by atoms with Gasteiger partial charge in [-0.3, -0.25) is 10.9 Å². The topological polar surface area (TPSA) is 24.1 Å². The van der Waals surface area contributed by atoms with Gasteiger partial charge in [-0.15, -0.1) is 0 Å². The van der Waals surface area contributed by atoms with Crippen molar-refractivity contribution in [2.45, 2.75) is 155 Å². The first-order valence-corrected chi connectivity index (χ1v) is 13.4. The zero-order chi connectivity index (χ0) is 20.4. The van der Waals surface area contributed by atoms with E-state index in [0.29, 0.717) is 0 Å². The Kier molecular flexibility index (Phi) is 26.8. The summed E-state index contributed by atoms with van der Waals surface area (Å²) in [6, 6.07) is 0. The Morgan fingerprint density at radius 3 is 0.750 bits per heavy atom. The van der Waals surface area contributed by atoms with Gasteiger partial charge in [0.25, 0.3) is 0 Å². The van der Waals surface area contributed by atoms with Crippen LogP contribution in [0.15, 0.2) is 0 Å². The van der Waals surface area contributed by atoms with E-state index in [0.717, 1.165) is 13.1 Å². The van der Waals surface area contributed by atoms with E-state index in [1.807, 2.05) is 0 Å². The van der Waals surface area contributed by atoms with Gasteiger partial charge in [0.2, 0.25) is 0 Å². The normalized spacial score (nSPS) is 11.4. The van der Waals surface area contributed by atoms with Crippen molar-refractivity contribution in [3.8, 4) is 0 Å². The third-order valence-electron chi connectivity index (χ3n) is 5.94. The highest BCUT2D eigenvalue weighted by molar-refractivity contribution is 4.51. The Hall–Kier alpha value is -0.0800. The minimum atomic E-state index is 1.13.